The molecule has 0 amide bonds. The molecule has 0 unspecified atom stereocenters. The highest BCUT2D eigenvalue weighted by molar-refractivity contribution is 5.58. The van der Waals surface area contributed by atoms with Crippen molar-refractivity contribution in [3.8, 4) is 17.1 Å². The first-order valence-electron chi connectivity index (χ1n) is 7.06. The van der Waals surface area contributed by atoms with Crippen LogP contribution < -0.4 is 0 Å². The summed E-state index contributed by atoms with van der Waals surface area (Å²) in [5, 5.41) is 0. The van der Waals surface area contributed by atoms with Crippen LogP contribution in [0.5, 0.6) is 0 Å². The topological polar surface area (TPSA) is 17.8 Å². The summed E-state index contributed by atoms with van der Waals surface area (Å²) in [4.78, 5) is 4.48. The van der Waals surface area contributed by atoms with E-state index in [1.807, 2.05) is 30.6 Å². The maximum Gasteiger partial charge on any atom is 0.144 e. The zero-order chi connectivity index (χ0) is 13.8. The summed E-state index contributed by atoms with van der Waals surface area (Å²) in [6.45, 7) is 2.21. The lowest BCUT2D eigenvalue weighted by Crippen LogP contribution is -1.96. The maximum absolute atomic E-state index is 4.48. The summed E-state index contributed by atoms with van der Waals surface area (Å²) in [7, 11) is 0. The lowest BCUT2D eigenvalue weighted by Gasteiger charge is -2.09. The molecule has 2 nitrogen and oxygen atoms in total. The van der Waals surface area contributed by atoms with Crippen LogP contribution in [-0.4, -0.2) is 9.55 Å². The van der Waals surface area contributed by atoms with E-state index in [2.05, 4.69) is 52.9 Å². The molecule has 2 heteroatoms. The van der Waals surface area contributed by atoms with E-state index in [1.165, 1.54) is 12.0 Å². The molecule has 0 aliphatic rings. The number of nitrogens with zero attached hydrogens (tertiary/aromatic N) is 2. The van der Waals surface area contributed by atoms with Crippen molar-refractivity contribution in [2.24, 2.45) is 0 Å². The first kappa shape index (κ1) is 12.7. The van der Waals surface area contributed by atoms with Gasteiger partial charge in [0.2, 0.25) is 0 Å². The van der Waals surface area contributed by atoms with Gasteiger partial charge in [0.05, 0.1) is 0 Å². The van der Waals surface area contributed by atoms with Crippen molar-refractivity contribution in [3.63, 3.8) is 0 Å². The first-order chi connectivity index (χ1) is 9.88. The Morgan fingerprint density at radius 1 is 0.950 bits per heavy atom. The summed E-state index contributed by atoms with van der Waals surface area (Å²) in [6.07, 6.45) is 6.18. The average Bonchev–Trinajstić information content (AvgIpc) is 2.99. The van der Waals surface area contributed by atoms with Crippen LogP contribution in [0.25, 0.3) is 17.1 Å². The van der Waals surface area contributed by atoms with Crippen molar-refractivity contribution >= 4 is 0 Å². The van der Waals surface area contributed by atoms with Crippen LogP contribution in [0.15, 0.2) is 67.0 Å². The van der Waals surface area contributed by atoms with Crippen molar-refractivity contribution in [2.75, 3.05) is 0 Å². The van der Waals surface area contributed by atoms with Gasteiger partial charge in [-0.2, -0.15) is 0 Å². The number of aryl methyl sites for hydroxylation is 1. The maximum atomic E-state index is 4.48. The van der Waals surface area contributed by atoms with E-state index in [0.717, 1.165) is 23.5 Å². The highest BCUT2D eigenvalue weighted by Crippen LogP contribution is 2.21. The lowest BCUT2D eigenvalue weighted by atomic mass is 10.1. The molecule has 0 saturated heterocycles. The van der Waals surface area contributed by atoms with Crippen molar-refractivity contribution < 1.29 is 0 Å². The van der Waals surface area contributed by atoms with E-state index in [-0.39, 0.29) is 0 Å². The van der Waals surface area contributed by atoms with Crippen LogP contribution in [0.3, 0.4) is 0 Å². The molecular formula is C18H18N2. The smallest absolute Gasteiger partial charge is 0.144 e. The number of rotatable bonds is 4. The fraction of sp³-hybridized carbons (Fsp3) is 0.167. The Hall–Kier alpha value is -2.35. The molecular weight excluding hydrogens is 244 g/mol. The Morgan fingerprint density at radius 3 is 2.40 bits per heavy atom. The molecule has 0 spiro atoms. The van der Waals surface area contributed by atoms with Gasteiger partial charge in [-0.3, -0.25) is 4.57 Å². The molecule has 0 fully saturated rings. The Labute approximate surface area is 119 Å². The third-order valence-corrected chi connectivity index (χ3v) is 3.43. The van der Waals surface area contributed by atoms with Gasteiger partial charge in [0.15, 0.2) is 0 Å². The van der Waals surface area contributed by atoms with E-state index in [9.17, 15) is 0 Å². The molecule has 100 valence electrons. The van der Waals surface area contributed by atoms with E-state index in [4.69, 9.17) is 0 Å². The number of imidazole rings is 1. The number of hydrogen-bond donors (Lipinski definition) is 0. The highest BCUT2D eigenvalue weighted by atomic mass is 15.1. The standard InChI is InChI=1S/C18H18N2/c1-2-6-15-9-11-17(12-10-15)20-14-13-19-18(20)16-7-4-3-5-8-16/h3-5,7-14H,2,6H2,1H3. The van der Waals surface area contributed by atoms with Gasteiger partial charge in [-0.15, -0.1) is 0 Å². The Balaban J connectivity index is 1.97. The predicted molar refractivity (Wildman–Crippen MR) is 83.0 cm³/mol. The van der Waals surface area contributed by atoms with E-state index < -0.39 is 0 Å². The van der Waals surface area contributed by atoms with Crippen LogP contribution in [0.2, 0.25) is 0 Å². The molecule has 0 aliphatic heterocycles. The minimum atomic E-state index is 0.980. The summed E-state index contributed by atoms with van der Waals surface area (Å²) in [5.74, 6) is 0.980. The molecule has 0 radical (unpaired) electrons. The molecule has 3 rings (SSSR count). The molecule has 1 aromatic heterocycles. The number of benzene rings is 2. The monoisotopic (exact) mass is 262 g/mol. The Morgan fingerprint density at radius 2 is 1.70 bits per heavy atom. The molecule has 20 heavy (non-hydrogen) atoms. The van der Waals surface area contributed by atoms with E-state index in [1.54, 1.807) is 0 Å². The van der Waals surface area contributed by atoms with Gasteiger partial charge >= 0.3 is 0 Å². The van der Waals surface area contributed by atoms with Crippen molar-refractivity contribution in [1.82, 2.24) is 9.55 Å². The summed E-state index contributed by atoms with van der Waals surface area (Å²) >= 11 is 0. The molecule has 1 heterocycles. The molecule has 0 N–H and O–H groups in total. The Bertz CT molecular complexity index is 666. The minimum Gasteiger partial charge on any atom is -0.300 e. The Kier molecular flexibility index (Phi) is 3.64. The van der Waals surface area contributed by atoms with E-state index >= 15 is 0 Å². The van der Waals surface area contributed by atoms with Gasteiger partial charge in [0, 0.05) is 23.6 Å². The summed E-state index contributed by atoms with van der Waals surface area (Å²) in [6, 6.07) is 19.0. The normalized spacial score (nSPS) is 10.7. The van der Waals surface area contributed by atoms with Crippen molar-refractivity contribution in [1.29, 1.82) is 0 Å². The molecule has 0 saturated carbocycles. The van der Waals surface area contributed by atoms with Gasteiger partial charge in [0.1, 0.15) is 5.82 Å². The number of aromatic nitrogens is 2. The third-order valence-electron chi connectivity index (χ3n) is 3.43. The van der Waals surface area contributed by atoms with E-state index in [0.29, 0.717) is 0 Å². The summed E-state index contributed by atoms with van der Waals surface area (Å²) in [5.41, 5.74) is 3.67. The zero-order valence-electron chi connectivity index (χ0n) is 11.7. The van der Waals surface area contributed by atoms with Gasteiger partial charge in [0.25, 0.3) is 0 Å². The second-order valence-electron chi connectivity index (χ2n) is 4.90. The lowest BCUT2D eigenvalue weighted by molar-refractivity contribution is 0.920. The second kappa shape index (κ2) is 5.74. The highest BCUT2D eigenvalue weighted by Gasteiger charge is 2.06. The van der Waals surface area contributed by atoms with Crippen LogP contribution in [0, 0.1) is 0 Å². The molecule has 3 aromatic rings. The van der Waals surface area contributed by atoms with Gasteiger partial charge in [-0.1, -0.05) is 55.8 Å². The fourth-order valence-corrected chi connectivity index (χ4v) is 2.42. The zero-order valence-corrected chi connectivity index (χ0v) is 11.7. The summed E-state index contributed by atoms with van der Waals surface area (Å²) < 4.78 is 2.13. The van der Waals surface area contributed by atoms with Crippen molar-refractivity contribution in [2.45, 2.75) is 19.8 Å². The molecule has 0 aliphatic carbocycles. The average molecular weight is 262 g/mol. The quantitative estimate of drug-likeness (QED) is 0.677. The molecule has 0 bridgehead atoms. The van der Waals surface area contributed by atoms with Crippen LogP contribution in [0.1, 0.15) is 18.9 Å². The first-order valence-corrected chi connectivity index (χ1v) is 7.06. The minimum absolute atomic E-state index is 0.980. The van der Waals surface area contributed by atoms with Crippen LogP contribution in [0.4, 0.5) is 0 Å². The fourth-order valence-electron chi connectivity index (χ4n) is 2.42. The predicted octanol–water partition coefficient (Wildman–Crippen LogP) is 4.49. The van der Waals surface area contributed by atoms with Crippen molar-refractivity contribution in [3.05, 3.63) is 72.6 Å². The van der Waals surface area contributed by atoms with Gasteiger partial charge in [-0.25, -0.2) is 4.98 Å². The molecule has 0 atom stereocenters. The number of hydrogen-bond acceptors (Lipinski definition) is 1. The SMILES string of the molecule is CCCc1ccc(-n2ccnc2-c2ccccc2)cc1. The third kappa shape index (κ3) is 2.50. The van der Waals surface area contributed by atoms with Gasteiger partial charge < -0.3 is 0 Å². The van der Waals surface area contributed by atoms with Gasteiger partial charge in [-0.05, 0) is 24.1 Å². The molecule has 2 aromatic carbocycles. The largest absolute Gasteiger partial charge is 0.300 e. The van der Waals surface area contributed by atoms with Crippen LogP contribution >= 0.6 is 0 Å². The van der Waals surface area contributed by atoms with Crippen LogP contribution in [-0.2, 0) is 6.42 Å². The second-order valence-corrected chi connectivity index (χ2v) is 4.90.